The molecule has 0 aromatic rings. The zero-order valence-electron chi connectivity index (χ0n) is 9.13. The van der Waals surface area contributed by atoms with Gasteiger partial charge in [-0.05, 0) is 20.3 Å². The SMILES string of the molecule is CCCNC(=O)N(C)C(C)(C)C(=O)O. The maximum Gasteiger partial charge on any atom is 0.329 e. The molecule has 0 aliphatic heterocycles. The van der Waals surface area contributed by atoms with Crippen molar-refractivity contribution in [3.63, 3.8) is 0 Å². The van der Waals surface area contributed by atoms with Crippen molar-refractivity contribution in [3.8, 4) is 0 Å². The third-order valence-corrected chi connectivity index (χ3v) is 2.19. The van der Waals surface area contributed by atoms with Crippen LogP contribution in [0.3, 0.4) is 0 Å². The fourth-order valence-electron chi connectivity index (χ4n) is 0.748. The van der Waals surface area contributed by atoms with E-state index in [-0.39, 0.29) is 6.03 Å². The van der Waals surface area contributed by atoms with Gasteiger partial charge >= 0.3 is 12.0 Å². The van der Waals surface area contributed by atoms with Crippen LogP contribution in [-0.2, 0) is 4.79 Å². The Kier molecular flexibility index (Phi) is 4.40. The topological polar surface area (TPSA) is 69.6 Å². The summed E-state index contributed by atoms with van der Waals surface area (Å²) in [5, 5.41) is 11.5. The lowest BCUT2D eigenvalue weighted by Crippen LogP contribution is -2.54. The summed E-state index contributed by atoms with van der Waals surface area (Å²) in [6, 6.07) is -0.362. The molecule has 0 rings (SSSR count). The van der Waals surface area contributed by atoms with Crippen LogP contribution in [0.15, 0.2) is 0 Å². The van der Waals surface area contributed by atoms with Gasteiger partial charge in [0.25, 0.3) is 0 Å². The van der Waals surface area contributed by atoms with Gasteiger partial charge in [-0.1, -0.05) is 6.92 Å². The molecule has 0 saturated heterocycles. The highest BCUT2D eigenvalue weighted by Crippen LogP contribution is 2.11. The van der Waals surface area contributed by atoms with Gasteiger partial charge in [0.15, 0.2) is 0 Å². The molecule has 0 bridgehead atoms. The predicted molar refractivity (Wildman–Crippen MR) is 53.2 cm³/mol. The van der Waals surface area contributed by atoms with Crippen LogP contribution in [0.2, 0.25) is 0 Å². The molecule has 0 aliphatic rings. The normalized spacial score (nSPS) is 10.9. The lowest BCUT2D eigenvalue weighted by atomic mass is 10.1. The first-order valence-electron chi connectivity index (χ1n) is 4.59. The number of carbonyl (C=O) groups excluding carboxylic acids is 1. The monoisotopic (exact) mass is 202 g/mol. The molecule has 2 N–H and O–H groups in total. The minimum Gasteiger partial charge on any atom is -0.480 e. The molecule has 0 radical (unpaired) electrons. The number of hydrogen-bond acceptors (Lipinski definition) is 2. The molecule has 0 aromatic heterocycles. The Morgan fingerprint density at radius 3 is 2.29 bits per heavy atom. The average Bonchev–Trinajstić information content (AvgIpc) is 2.12. The zero-order chi connectivity index (χ0) is 11.4. The van der Waals surface area contributed by atoms with Gasteiger partial charge in [-0.3, -0.25) is 0 Å². The van der Waals surface area contributed by atoms with Crippen LogP contribution in [0.4, 0.5) is 4.79 Å². The van der Waals surface area contributed by atoms with Crippen LogP contribution >= 0.6 is 0 Å². The number of nitrogens with zero attached hydrogens (tertiary/aromatic N) is 1. The van der Waals surface area contributed by atoms with Crippen molar-refractivity contribution < 1.29 is 14.7 Å². The van der Waals surface area contributed by atoms with Gasteiger partial charge in [-0.15, -0.1) is 0 Å². The number of rotatable bonds is 4. The van der Waals surface area contributed by atoms with Crippen molar-refractivity contribution in [1.82, 2.24) is 10.2 Å². The molecule has 82 valence electrons. The molecule has 0 heterocycles. The van der Waals surface area contributed by atoms with Crippen LogP contribution in [0.25, 0.3) is 0 Å². The molecule has 5 heteroatoms. The van der Waals surface area contributed by atoms with Crippen LogP contribution in [0, 0.1) is 0 Å². The second-order valence-corrected chi connectivity index (χ2v) is 3.66. The second-order valence-electron chi connectivity index (χ2n) is 3.66. The number of aliphatic carboxylic acids is 1. The minimum atomic E-state index is -1.18. The van der Waals surface area contributed by atoms with E-state index in [4.69, 9.17) is 5.11 Å². The van der Waals surface area contributed by atoms with Crippen molar-refractivity contribution in [2.24, 2.45) is 0 Å². The summed E-state index contributed by atoms with van der Waals surface area (Å²) in [5.41, 5.74) is -1.18. The van der Waals surface area contributed by atoms with E-state index in [1.165, 1.54) is 25.8 Å². The van der Waals surface area contributed by atoms with Gasteiger partial charge in [0.1, 0.15) is 5.54 Å². The molecule has 0 spiro atoms. The van der Waals surface area contributed by atoms with E-state index in [9.17, 15) is 9.59 Å². The summed E-state index contributed by atoms with van der Waals surface area (Å²) in [6.07, 6.45) is 0.826. The Morgan fingerprint density at radius 1 is 1.43 bits per heavy atom. The molecule has 5 nitrogen and oxygen atoms in total. The summed E-state index contributed by atoms with van der Waals surface area (Å²) in [5.74, 6) is -1.02. The molecule has 14 heavy (non-hydrogen) atoms. The number of carboxylic acids is 1. The van der Waals surface area contributed by atoms with Crippen molar-refractivity contribution >= 4 is 12.0 Å². The first kappa shape index (κ1) is 12.7. The quantitative estimate of drug-likeness (QED) is 0.711. The van der Waals surface area contributed by atoms with Crippen LogP contribution in [0.1, 0.15) is 27.2 Å². The summed E-state index contributed by atoms with van der Waals surface area (Å²) < 4.78 is 0. The van der Waals surface area contributed by atoms with E-state index in [0.29, 0.717) is 6.54 Å². The summed E-state index contributed by atoms with van der Waals surface area (Å²) in [4.78, 5) is 23.4. The molecule has 0 fully saturated rings. The van der Waals surface area contributed by atoms with Gasteiger partial charge in [-0.25, -0.2) is 9.59 Å². The third-order valence-electron chi connectivity index (χ3n) is 2.19. The van der Waals surface area contributed by atoms with E-state index >= 15 is 0 Å². The molecule has 0 saturated carbocycles. The maximum atomic E-state index is 11.4. The van der Waals surface area contributed by atoms with Crippen molar-refractivity contribution in [2.75, 3.05) is 13.6 Å². The van der Waals surface area contributed by atoms with Crippen LogP contribution in [-0.4, -0.2) is 41.1 Å². The number of urea groups is 1. The number of carbonyl (C=O) groups is 2. The summed E-state index contributed by atoms with van der Waals surface area (Å²) in [7, 11) is 1.47. The number of hydrogen-bond donors (Lipinski definition) is 2. The van der Waals surface area contributed by atoms with Gasteiger partial charge in [0, 0.05) is 13.6 Å². The van der Waals surface area contributed by atoms with Crippen molar-refractivity contribution in [2.45, 2.75) is 32.7 Å². The first-order valence-corrected chi connectivity index (χ1v) is 4.59. The largest absolute Gasteiger partial charge is 0.480 e. The Labute approximate surface area is 84.1 Å². The standard InChI is InChI=1S/C9H18N2O3/c1-5-6-10-8(14)11(4)9(2,3)7(12)13/h5-6H2,1-4H3,(H,10,14)(H,12,13). The van der Waals surface area contributed by atoms with Gasteiger partial charge < -0.3 is 15.3 Å². The van der Waals surface area contributed by atoms with Crippen LogP contribution in [0.5, 0.6) is 0 Å². The number of amides is 2. The molecule has 2 amide bonds. The fraction of sp³-hybridized carbons (Fsp3) is 0.778. The Bertz CT molecular complexity index is 226. The average molecular weight is 202 g/mol. The number of likely N-dealkylation sites (N-methyl/N-ethyl adjacent to an activating group) is 1. The molecule has 0 aliphatic carbocycles. The maximum absolute atomic E-state index is 11.4. The molecule has 0 unspecified atom stereocenters. The molecule has 0 aromatic carbocycles. The number of carboxylic acid groups (broad SMARTS) is 1. The van der Waals surface area contributed by atoms with E-state index < -0.39 is 11.5 Å². The van der Waals surface area contributed by atoms with E-state index in [1.54, 1.807) is 0 Å². The van der Waals surface area contributed by atoms with Gasteiger partial charge in [0.2, 0.25) is 0 Å². The highest BCUT2D eigenvalue weighted by atomic mass is 16.4. The molecular weight excluding hydrogens is 184 g/mol. The van der Waals surface area contributed by atoms with Gasteiger partial charge in [0.05, 0.1) is 0 Å². The summed E-state index contributed by atoms with van der Waals surface area (Å²) >= 11 is 0. The molecule has 0 atom stereocenters. The molecular formula is C9H18N2O3. The van der Waals surface area contributed by atoms with E-state index in [1.807, 2.05) is 6.92 Å². The Morgan fingerprint density at radius 2 is 1.93 bits per heavy atom. The van der Waals surface area contributed by atoms with Crippen molar-refractivity contribution in [3.05, 3.63) is 0 Å². The zero-order valence-corrected chi connectivity index (χ0v) is 9.13. The Balaban J connectivity index is 4.37. The highest BCUT2D eigenvalue weighted by molar-refractivity contribution is 5.85. The van der Waals surface area contributed by atoms with E-state index in [2.05, 4.69) is 5.32 Å². The second kappa shape index (κ2) is 4.83. The highest BCUT2D eigenvalue weighted by Gasteiger charge is 2.34. The van der Waals surface area contributed by atoms with E-state index in [0.717, 1.165) is 6.42 Å². The van der Waals surface area contributed by atoms with Crippen molar-refractivity contribution in [1.29, 1.82) is 0 Å². The third kappa shape index (κ3) is 2.90. The number of nitrogens with one attached hydrogen (secondary N) is 1. The van der Waals surface area contributed by atoms with Crippen LogP contribution < -0.4 is 5.32 Å². The lowest BCUT2D eigenvalue weighted by molar-refractivity contribution is -0.146. The predicted octanol–water partition coefficient (Wildman–Crippen LogP) is 0.901. The summed E-state index contributed by atoms with van der Waals surface area (Å²) in [6.45, 7) is 5.46. The fourth-order valence-corrected chi connectivity index (χ4v) is 0.748. The van der Waals surface area contributed by atoms with Gasteiger partial charge in [-0.2, -0.15) is 0 Å². The smallest absolute Gasteiger partial charge is 0.329 e. The minimum absolute atomic E-state index is 0.362. The lowest BCUT2D eigenvalue weighted by Gasteiger charge is -2.31. The Hall–Kier alpha value is -1.26. The first-order chi connectivity index (χ1) is 6.34.